The van der Waals surface area contributed by atoms with Gasteiger partial charge in [-0.1, -0.05) is 12.1 Å². The normalized spacial score (nSPS) is 14.8. The molecule has 0 aliphatic carbocycles. The number of imide groups is 1. The van der Waals surface area contributed by atoms with Gasteiger partial charge in [0.15, 0.2) is 0 Å². The van der Waals surface area contributed by atoms with Crippen molar-refractivity contribution < 1.29 is 22.8 Å². The summed E-state index contributed by atoms with van der Waals surface area (Å²) in [5.41, 5.74) is 0.472. The van der Waals surface area contributed by atoms with Crippen LogP contribution in [0.1, 0.15) is 32.7 Å². The number of alkyl halides is 3. The first kappa shape index (κ1) is 11.6. The van der Waals surface area contributed by atoms with E-state index in [0.717, 1.165) is 0 Å². The number of nitrogens with one attached hydrogen (secondary N) is 1. The van der Waals surface area contributed by atoms with Crippen LogP contribution >= 0.6 is 0 Å². The van der Waals surface area contributed by atoms with Crippen molar-refractivity contribution >= 4 is 11.8 Å². The monoisotopic (exact) mass is 243 g/mol. The lowest BCUT2D eigenvalue weighted by molar-refractivity contribution is -0.134. The maximum atomic E-state index is 12.1. The molecule has 0 saturated heterocycles. The summed E-state index contributed by atoms with van der Waals surface area (Å²) in [5.74, 6) is -1.18. The molecule has 0 fully saturated rings. The van der Waals surface area contributed by atoms with Crippen molar-refractivity contribution in [3.63, 3.8) is 0 Å². The Morgan fingerprint density at radius 3 is 2.47 bits per heavy atom. The fourth-order valence-corrected chi connectivity index (χ4v) is 1.78. The number of hydrogen-bond donors (Lipinski definition) is 1. The molecular weight excluding hydrogens is 235 g/mol. The van der Waals surface area contributed by atoms with Gasteiger partial charge >= 0.3 is 6.18 Å². The first-order chi connectivity index (χ1) is 7.88. The van der Waals surface area contributed by atoms with Crippen LogP contribution in [-0.4, -0.2) is 18.0 Å². The van der Waals surface area contributed by atoms with Crippen LogP contribution in [0.25, 0.3) is 0 Å². The Bertz CT molecular complexity index is 494. The molecule has 2 rings (SSSR count). The summed E-state index contributed by atoms with van der Waals surface area (Å²) in [6.45, 7) is 0. The molecule has 0 saturated carbocycles. The summed E-state index contributed by atoms with van der Waals surface area (Å²) >= 11 is 0. The fraction of sp³-hybridized carbons (Fsp3) is 0.273. The number of hydrogen-bond acceptors (Lipinski definition) is 2. The standard InChI is InChI=1S/C11H8F3NO2/c12-11(13,14)5-4-6-2-1-3-7-8(6)10(17)15-9(7)16/h1-3H,4-5H2,(H,15,16,17). The smallest absolute Gasteiger partial charge is 0.288 e. The Labute approximate surface area is 94.6 Å². The van der Waals surface area contributed by atoms with Gasteiger partial charge in [-0.25, -0.2) is 0 Å². The summed E-state index contributed by atoms with van der Waals surface area (Å²) in [6, 6.07) is 4.33. The first-order valence-corrected chi connectivity index (χ1v) is 4.93. The molecule has 1 aromatic carbocycles. The van der Waals surface area contributed by atoms with Gasteiger partial charge in [0.25, 0.3) is 11.8 Å². The van der Waals surface area contributed by atoms with Gasteiger partial charge in [-0.3, -0.25) is 14.9 Å². The van der Waals surface area contributed by atoms with Crippen molar-refractivity contribution in [2.75, 3.05) is 0 Å². The fourth-order valence-electron chi connectivity index (χ4n) is 1.78. The van der Waals surface area contributed by atoms with E-state index in [2.05, 4.69) is 5.32 Å². The highest BCUT2D eigenvalue weighted by atomic mass is 19.4. The van der Waals surface area contributed by atoms with E-state index < -0.39 is 24.4 Å². The lowest BCUT2D eigenvalue weighted by atomic mass is 9.99. The highest BCUT2D eigenvalue weighted by molar-refractivity contribution is 6.22. The van der Waals surface area contributed by atoms with E-state index in [1.807, 2.05) is 0 Å². The van der Waals surface area contributed by atoms with Crippen molar-refractivity contribution in [1.82, 2.24) is 5.32 Å². The predicted octanol–water partition coefficient (Wildman–Crippen LogP) is 2.07. The number of fused-ring (bicyclic) bond motifs is 1. The quantitative estimate of drug-likeness (QED) is 0.808. The largest absolute Gasteiger partial charge is 0.389 e. The number of halogens is 3. The molecule has 90 valence electrons. The summed E-state index contributed by atoms with van der Waals surface area (Å²) in [5, 5.41) is 2.06. The predicted molar refractivity (Wildman–Crippen MR) is 52.6 cm³/mol. The van der Waals surface area contributed by atoms with E-state index in [1.165, 1.54) is 18.2 Å². The maximum absolute atomic E-state index is 12.1. The second-order valence-corrected chi connectivity index (χ2v) is 3.74. The summed E-state index contributed by atoms with van der Waals surface area (Å²) in [7, 11) is 0. The highest BCUT2D eigenvalue weighted by Crippen LogP contribution is 2.26. The van der Waals surface area contributed by atoms with E-state index in [0.29, 0.717) is 0 Å². The molecule has 1 aromatic rings. The zero-order valence-electron chi connectivity index (χ0n) is 8.60. The molecule has 0 radical (unpaired) electrons. The van der Waals surface area contributed by atoms with E-state index in [9.17, 15) is 22.8 Å². The summed E-state index contributed by atoms with van der Waals surface area (Å²) in [4.78, 5) is 22.7. The number of carbonyl (C=O) groups excluding carboxylic acids is 2. The Morgan fingerprint density at radius 2 is 1.82 bits per heavy atom. The molecule has 1 N–H and O–H groups in total. The minimum atomic E-state index is -4.28. The minimum absolute atomic E-state index is 0.0711. The Balaban J connectivity index is 2.31. The van der Waals surface area contributed by atoms with Gasteiger partial charge in [-0.05, 0) is 18.1 Å². The minimum Gasteiger partial charge on any atom is -0.288 e. The second kappa shape index (κ2) is 3.87. The lowest BCUT2D eigenvalue weighted by Crippen LogP contribution is -2.20. The molecule has 1 aliphatic heterocycles. The van der Waals surface area contributed by atoms with E-state index in [1.54, 1.807) is 0 Å². The van der Waals surface area contributed by atoms with Crippen LogP contribution in [0, 0.1) is 0 Å². The molecule has 0 aromatic heterocycles. The molecule has 3 nitrogen and oxygen atoms in total. The molecule has 0 atom stereocenters. The van der Waals surface area contributed by atoms with Crippen molar-refractivity contribution in [2.24, 2.45) is 0 Å². The van der Waals surface area contributed by atoms with Crippen LogP contribution in [0.4, 0.5) is 13.2 Å². The van der Waals surface area contributed by atoms with Crippen LogP contribution in [0.2, 0.25) is 0 Å². The van der Waals surface area contributed by atoms with E-state index >= 15 is 0 Å². The SMILES string of the molecule is O=C1NC(=O)c2c(CCC(F)(F)F)cccc21. The van der Waals surface area contributed by atoms with Crippen molar-refractivity contribution in [2.45, 2.75) is 19.0 Å². The number of aryl methyl sites for hydroxylation is 1. The van der Waals surface area contributed by atoms with Gasteiger partial charge in [-0.2, -0.15) is 13.2 Å². The molecule has 1 aliphatic rings. The van der Waals surface area contributed by atoms with Gasteiger partial charge < -0.3 is 0 Å². The van der Waals surface area contributed by atoms with Crippen LogP contribution in [0.15, 0.2) is 18.2 Å². The van der Waals surface area contributed by atoms with Crippen LogP contribution in [0.3, 0.4) is 0 Å². The molecule has 0 bridgehead atoms. The zero-order valence-corrected chi connectivity index (χ0v) is 8.60. The first-order valence-electron chi connectivity index (χ1n) is 4.93. The molecular formula is C11H8F3NO2. The van der Waals surface area contributed by atoms with Crippen molar-refractivity contribution in [1.29, 1.82) is 0 Å². The van der Waals surface area contributed by atoms with E-state index in [4.69, 9.17) is 0 Å². The van der Waals surface area contributed by atoms with Gasteiger partial charge in [0.05, 0.1) is 11.1 Å². The molecule has 6 heteroatoms. The lowest BCUT2D eigenvalue weighted by Gasteiger charge is -2.08. The summed E-state index contributed by atoms with van der Waals surface area (Å²) in [6.07, 6.45) is -5.58. The van der Waals surface area contributed by atoms with Gasteiger partial charge in [0.2, 0.25) is 0 Å². The Hall–Kier alpha value is -1.85. The summed E-state index contributed by atoms with van der Waals surface area (Å²) < 4.78 is 36.3. The topological polar surface area (TPSA) is 46.2 Å². The highest BCUT2D eigenvalue weighted by Gasteiger charge is 2.31. The van der Waals surface area contributed by atoms with Gasteiger partial charge in [-0.15, -0.1) is 0 Å². The average molecular weight is 243 g/mol. The molecule has 0 unspecified atom stereocenters. The van der Waals surface area contributed by atoms with Crippen molar-refractivity contribution in [3.05, 3.63) is 34.9 Å². The number of amides is 2. The van der Waals surface area contributed by atoms with Gasteiger partial charge in [0.1, 0.15) is 0 Å². The van der Waals surface area contributed by atoms with Crippen molar-refractivity contribution in [3.8, 4) is 0 Å². The van der Waals surface area contributed by atoms with E-state index in [-0.39, 0.29) is 23.1 Å². The Kier molecular flexibility index (Phi) is 2.65. The third kappa shape index (κ3) is 2.30. The zero-order chi connectivity index (χ0) is 12.6. The van der Waals surface area contributed by atoms with Crippen LogP contribution in [-0.2, 0) is 6.42 Å². The van der Waals surface area contributed by atoms with Crippen LogP contribution in [0.5, 0.6) is 0 Å². The second-order valence-electron chi connectivity index (χ2n) is 3.74. The molecule has 1 heterocycles. The Morgan fingerprint density at radius 1 is 1.12 bits per heavy atom. The van der Waals surface area contributed by atoms with Crippen LogP contribution < -0.4 is 5.32 Å². The number of carbonyl (C=O) groups is 2. The molecule has 2 amide bonds. The third-order valence-corrected chi connectivity index (χ3v) is 2.53. The molecule has 0 spiro atoms. The average Bonchev–Trinajstić information content (AvgIpc) is 2.52. The maximum Gasteiger partial charge on any atom is 0.389 e. The third-order valence-electron chi connectivity index (χ3n) is 2.53. The molecule has 17 heavy (non-hydrogen) atoms. The van der Waals surface area contributed by atoms with Gasteiger partial charge in [0, 0.05) is 6.42 Å². The number of benzene rings is 1. The number of rotatable bonds is 2.